The van der Waals surface area contributed by atoms with Gasteiger partial charge in [0.05, 0.1) is 6.26 Å². The van der Waals surface area contributed by atoms with E-state index in [0.29, 0.717) is 0 Å². The minimum Gasteiger partial charge on any atom is -0.498 e. The predicted molar refractivity (Wildman–Crippen MR) is 46.1 cm³/mol. The summed E-state index contributed by atoms with van der Waals surface area (Å²) in [6, 6.07) is 0. The zero-order valence-electron chi connectivity index (χ0n) is 7.43. The van der Waals surface area contributed by atoms with Crippen molar-refractivity contribution >= 4 is 6.16 Å². The first-order valence-corrected chi connectivity index (χ1v) is 4.00. The number of rotatable bonds is 4. The van der Waals surface area contributed by atoms with E-state index in [4.69, 9.17) is 14.2 Å². The van der Waals surface area contributed by atoms with Crippen molar-refractivity contribution < 1.29 is 19.0 Å². The van der Waals surface area contributed by atoms with Gasteiger partial charge in [-0.1, -0.05) is 12.7 Å². The van der Waals surface area contributed by atoms with E-state index < -0.39 is 12.3 Å². The highest BCUT2D eigenvalue weighted by atomic mass is 16.8. The van der Waals surface area contributed by atoms with Crippen molar-refractivity contribution in [1.82, 2.24) is 0 Å². The van der Waals surface area contributed by atoms with Crippen LogP contribution in [0.15, 0.2) is 25.0 Å². The third-order valence-electron chi connectivity index (χ3n) is 1.57. The molecule has 1 aliphatic heterocycles. The maximum absolute atomic E-state index is 10.7. The van der Waals surface area contributed by atoms with Crippen LogP contribution in [0, 0.1) is 0 Å². The van der Waals surface area contributed by atoms with Crippen LogP contribution in [-0.4, -0.2) is 25.0 Å². The predicted octanol–water partition coefficient (Wildman–Crippen LogP) is 1.63. The van der Waals surface area contributed by atoms with E-state index in [9.17, 15) is 4.79 Å². The highest BCUT2D eigenvalue weighted by molar-refractivity contribution is 5.63. The van der Waals surface area contributed by atoms with Crippen LogP contribution in [0.3, 0.4) is 0 Å². The van der Waals surface area contributed by atoms with Gasteiger partial charge in [-0.2, -0.15) is 0 Å². The van der Waals surface area contributed by atoms with E-state index in [0.717, 1.165) is 0 Å². The third kappa shape index (κ3) is 2.50. The smallest absolute Gasteiger partial charge is 0.498 e. The van der Waals surface area contributed by atoms with Gasteiger partial charge in [-0.15, -0.1) is 0 Å². The fourth-order valence-corrected chi connectivity index (χ4v) is 0.981. The van der Waals surface area contributed by atoms with Gasteiger partial charge in [0.15, 0.2) is 12.2 Å². The minimum atomic E-state index is -0.668. The zero-order chi connectivity index (χ0) is 9.68. The molecule has 0 spiro atoms. The summed E-state index contributed by atoms with van der Waals surface area (Å²) in [7, 11) is 0. The normalized spacial score (nSPS) is 27.0. The quantitative estimate of drug-likeness (QED) is 0.378. The Morgan fingerprint density at radius 1 is 1.62 bits per heavy atom. The Morgan fingerprint density at radius 2 is 2.38 bits per heavy atom. The molecule has 0 radical (unpaired) electrons. The molecule has 72 valence electrons. The maximum Gasteiger partial charge on any atom is 0.509 e. The van der Waals surface area contributed by atoms with E-state index in [1.54, 1.807) is 6.08 Å². The Balaban J connectivity index is 2.39. The molecule has 0 bridgehead atoms. The van der Waals surface area contributed by atoms with Crippen LogP contribution >= 0.6 is 0 Å². The first-order valence-electron chi connectivity index (χ1n) is 4.00. The molecule has 0 aromatic heterocycles. The molecule has 1 saturated heterocycles. The number of hydrogen-bond acceptors (Lipinski definition) is 4. The van der Waals surface area contributed by atoms with Gasteiger partial charge >= 0.3 is 6.16 Å². The van der Waals surface area contributed by atoms with Crippen molar-refractivity contribution in [2.24, 2.45) is 0 Å². The number of allylic oxidation sites excluding steroid dienone is 1. The van der Waals surface area contributed by atoms with Crippen molar-refractivity contribution in [2.75, 3.05) is 6.61 Å². The molecule has 1 rings (SSSR count). The molecule has 0 N–H and O–H groups in total. The molecule has 1 fully saturated rings. The topological polar surface area (TPSA) is 44.8 Å². The van der Waals surface area contributed by atoms with Gasteiger partial charge in [-0.3, -0.25) is 0 Å². The molecule has 0 amide bonds. The van der Waals surface area contributed by atoms with Gasteiger partial charge in [-0.05, 0) is 13.0 Å². The molecule has 0 saturated carbocycles. The van der Waals surface area contributed by atoms with Crippen LogP contribution in [0.4, 0.5) is 4.79 Å². The highest BCUT2D eigenvalue weighted by Gasteiger charge is 2.34. The van der Waals surface area contributed by atoms with E-state index in [2.05, 4.69) is 6.58 Å². The van der Waals surface area contributed by atoms with Crippen LogP contribution in [0.5, 0.6) is 0 Å². The second-order valence-corrected chi connectivity index (χ2v) is 2.53. The molecule has 1 aliphatic rings. The fourth-order valence-electron chi connectivity index (χ4n) is 0.981. The van der Waals surface area contributed by atoms with E-state index in [-0.39, 0.29) is 12.7 Å². The average molecular weight is 184 g/mol. The molecular formula is C9H12O4. The lowest BCUT2D eigenvalue weighted by atomic mass is 10.2. The largest absolute Gasteiger partial charge is 0.509 e. The number of carbonyl (C=O) groups is 1. The summed E-state index contributed by atoms with van der Waals surface area (Å²) in [6.07, 6.45) is 3.35. The lowest BCUT2D eigenvalue weighted by molar-refractivity contribution is 0.0804. The monoisotopic (exact) mass is 184 g/mol. The Morgan fingerprint density at radius 3 is 3.00 bits per heavy atom. The van der Waals surface area contributed by atoms with Gasteiger partial charge in [0.25, 0.3) is 0 Å². The minimum absolute atomic E-state index is 0.284. The van der Waals surface area contributed by atoms with Crippen molar-refractivity contribution in [1.29, 1.82) is 0 Å². The van der Waals surface area contributed by atoms with E-state index in [1.165, 1.54) is 12.3 Å². The number of cyclic esters (lactones) is 2. The maximum atomic E-state index is 10.7. The Labute approximate surface area is 76.8 Å². The highest BCUT2D eigenvalue weighted by Crippen LogP contribution is 2.16. The van der Waals surface area contributed by atoms with Crippen LogP contribution in [0.25, 0.3) is 0 Å². The van der Waals surface area contributed by atoms with E-state index in [1.807, 2.05) is 6.92 Å². The Kier molecular flexibility index (Phi) is 3.37. The molecule has 0 aromatic rings. The molecule has 0 aromatic carbocycles. The molecule has 2 unspecified atom stereocenters. The standard InChI is InChI=1S/C9H12O4/c1-3-5-11-6-8-7(4-2)12-9(10)13-8/h3-5,7-8H,2,6H2,1H3. The fraction of sp³-hybridized carbons (Fsp3) is 0.444. The third-order valence-corrected chi connectivity index (χ3v) is 1.57. The zero-order valence-corrected chi connectivity index (χ0v) is 7.43. The Hall–Kier alpha value is -1.45. The summed E-state index contributed by atoms with van der Waals surface area (Å²) in [5, 5.41) is 0. The first kappa shape index (κ1) is 9.64. The molecule has 2 atom stereocenters. The summed E-state index contributed by atoms with van der Waals surface area (Å²) in [5.74, 6) is 0. The molecule has 13 heavy (non-hydrogen) atoms. The van der Waals surface area contributed by atoms with Gasteiger partial charge in [0.1, 0.15) is 6.61 Å². The number of carbonyl (C=O) groups excluding carboxylic acids is 1. The van der Waals surface area contributed by atoms with Crippen LogP contribution in [-0.2, 0) is 14.2 Å². The first-order chi connectivity index (χ1) is 6.27. The lowest BCUT2D eigenvalue weighted by Gasteiger charge is -2.10. The molecule has 4 heteroatoms. The second-order valence-electron chi connectivity index (χ2n) is 2.53. The summed E-state index contributed by atoms with van der Waals surface area (Å²) in [5.41, 5.74) is 0. The van der Waals surface area contributed by atoms with Crippen molar-refractivity contribution in [3.63, 3.8) is 0 Å². The van der Waals surface area contributed by atoms with Crippen LogP contribution < -0.4 is 0 Å². The summed E-state index contributed by atoms with van der Waals surface area (Å²) in [4.78, 5) is 10.7. The molecule has 1 heterocycles. The summed E-state index contributed by atoms with van der Waals surface area (Å²) >= 11 is 0. The average Bonchev–Trinajstić information content (AvgIpc) is 2.47. The van der Waals surface area contributed by atoms with Gasteiger partial charge in [0, 0.05) is 0 Å². The van der Waals surface area contributed by atoms with E-state index >= 15 is 0 Å². The molecule has 0 aliphatic carbocycles. The second kappa shape index (κ2) is 4.54. The van der Waals surface area contributed by atoms with Crippen molar-refractivity contribution in [3.05, 3.63) is 25.0 Å². The van der Waals surface area contributed by atoms with Crippen LogP contribution in [0.1, 0.15) is 6.92 Å². The number of ether oxygens (including phenoxy) is 3. The molecular weight excluding hydrogens is 172 g/mol. The number of hydrogen-bond donors (Lipinski definition) is 0. The SMILES string of the molecule is C=CC1OC(=O)OC1COC=CC. The van der Waals surface area contributed by atoms with Gasteiger partial charge in [0.2, 0.25) is 0 Å². The summed E-state index contributed by atoms with van der Waals surface area (Å²) < 4.78 is 14.7. The molecule has 4 nitrogen and oxygen atoms in total. The van der Waals surface area contributed by atoms with Gasteiger partial charge < -0.3 is 14.2 Å². The van der Waals surface area contributed by atoms with Crippen molar-refractivity contribution in [2.45, 2.75) is 19.1 Å². The van der Waals surface area contributed by atoms with Crippen molar-refractivity contribution in [3.8, 4) is 0 Å². The Bertz CT molecular complexity index is 222. The summed E-state index contributed by atoms with van der Waals surface area (Å²) in [6.45, 7) is 5.64. The van der Waals surface area contributed by atoms with Gasteiger partial charge in [-0.25, -0.2) is 4.79 Å². The van der Waals surface area contributed by atoms with Crippen LogP contribution in [0.2, 0.25) is 0 Å². The lowest BCUT2D eigenvalue weighted by Crippen LogP contribution is -2.24.